The number of hydrogen-bond donors (Lipinski definition) is 2. The van der Waals surface area contributed by atoms with Crippen LogP contribution >= 0.6 is 12.6 Å². The minimum atomic E-state index is -0.591. The number of halogens is 1. The Morgan fingerprint density at radius 3 is 2.87 bits per heavy atom. The Hall–Kier alpha value is -2.60. The molecular formula is C17H11FN2O2S. The molecule has 4 nitrogen and oxygen atoms in total. The number of benzene rings is 2. The molecule has 2 heterocycles. The molecule has 1 atom stereocenters. The molecule has 0 amide bonds. The molecule has 0 saturated heterocycles. The number of nitrogens with one attached hydrogen (secondary N) is 1. The lowest BCUT2D eigenvalue weighted by Gasteiger charge is -2.07. The number of nitrogens with zero attached hydrogens (tertiary/aromatic N) is 1. The Labute approximate surface area is 135 Å². The summed E-state index contributed by atoms with van der Waals surface area (Å²) >= 11 is 4.49. The first-order valence-electron chi connectivity index (χ1n) is 6.98. The van der Waals surface area contributed by atoms with Crippen molar-refractivity contribution >= 4 is 34.6 Å². The molecule has 0 aliphatic carbocycles. The Morgan fingerprint density at radius 1 is 1.17 bits per heavy atom. The van der Waals surface area contributed by atoms with E-state index < -0.39 is 10.9 Å². The number of para-hydroxylation sites is 1. The van der Waals surface area contributed by atoms with Crippen LogP contribution in [0.3, 0.4) is 0 Å². The lowest BCUT2D eigenvalue weighted by Crippen LogP contribution is -2.11. The molecule has 0 fully saturated rings. The van der Waals surface area contributed by atoms with Crippen molar-refractivity contribution in [1.82, 2.24) is 9.97 Å². The summed E-state index contributed by atoms with van der Waals surface area (Å²) in [7, 11) is 0. The van der Waals surface area contributed by atoms with Gasteiger partial charge in [-0.1, -0.05) is 18.2 Å². The predicted molar refractivity (Wildman–Crippen MR) is 89.4 cm³/mol. The highest BCUT2D eigenvalue weighted by Gasteiger charge is 2.19. The quantitative estimate of drug-likeness (QED) is 0.435. The Morgan fingerprint density at radius 2 is 2.00 bits per heavy atom. The summed E-state index contributed by atoms with van der Waals surface area (Å²) in [6.07, 6.45) is 0. The van der Waals surface area contributed by atoms with Crippen LogP contribution in [0.25, 0.3) is 22.0 Å². The van der Waals surface area contributed by atoms with Crippen LogP contribution in [0.5, 0.6) is 0 Å². The van der Waals surface area contributed by atoms with Crippen LogP contribution in [0.1, 0.15) is 16.6 Å². The lowest BCUT2D eigenvalue weighted by molar-refractivity contribution is 0.551. The summed E-state index contributed by atoms with van der Waals surface area (Å²) in [6.45, 7) is 0. The van der Waals surface area contributed by atoms with Gasteiger partial charge in [0.2, 0.25) is 0 Å². The second-order valence-corrected chi connectivity index (χ2v) is 5.73. The maximum absolute atomic E-state index is 13.3. The summed E-state index contributed by atoms with van der Waals surface area (Å²) in [5.74, 6) is 0.105. The van der Waals surface area contributed by atoms with Crippen LogP contribution in [0.4, 0.5) is 4.39 Å². The van der Waals surface area contributed by atoms with E-state index in [-0.39, 0.29) is 5.82 Å². The van der Waals surface area contributed by atoms with Gasteiger partial charge < -0.3 is 9.40 Å². The van der Waals surface area contributed by atoms with E-state index in [2.05, 4.69) is 22.6 Å². The molecule has 4 rings (SSSR count). The number of aromatic nitrogens is 2. The van der Waals surface area contributed by atoms with Crippen molar-refractivity contribution in [3.63, 3.8) is 0 Å². The highest BCUT2D eigenvalue weighted by atomic mass is 32.1. The first-order valence-corrected chi connectivity index (χ1v) is 7.49. The Bertz CT molecular complexity index is 1090. The molecule has 1 unspecified atom stereocenters. The van der Waals surface area contributed by atoms with Crippen molar-refractivity contribution in [1.29, 1.82) is 0 Å². The van der Waals surface area contributed by atoms with E-state index in [1.54, 1.807) is 24.3 Å². The lowest BCUT2D eigenvalue weighted by atomic mass is 10.1. The van der Waals surface area contributed by atoms with Gasteiger partial charge in [0.25, 0.3) is 0 Å². The molecule has 4 aromatic rings. The van der Waals surface area contributed by atoms with E-state index in [0.717, 1.165) is 5.39 Å². The maximum Gasteiger partial charge on any atom is 0.341 e. The van der Waals surface area contributed by atoms with Gasteiger partial charge in [0.05, 0.1) is 21.8 Å². The van der Waals surface area contributed by atoms with Crippen LogP contribution in [0.2, 0.25) is 0 Å². The van der Waals surface area contributed by atoms with E-state index in [9.17, 15) is 9.18 Å². The van der Waals surface area contributed by atoms with Gasteiger partial charge in [-0.3, -0.25) is 0 Å². The standard InChI is InChI=1S/C17H11FN2O2S/c18-10-5-6-12-13(8-10)20-16(19-12)15(23)11-7-9-3-1-2-4-14(9)22-17(11)21/h1-8,15,23H,(H,19,20). The SMILES string of the molecule is O=c1oc2ccccc2cc1C(S)c1nc2cc(F)ccc2[nH]1. The zero-order valence-corrected chi connectivity index (χ0v) is 12.7. The molecule has 6 heteroatoms. The van der Waals surface area contributed by atoms with Crippen molar-refractivity contribution in [2.45, 2.75) is 5.25 Å². The molecule has 0 saturated carbocycles. The first kappa shape index (κ1) is 14.0. The Balaban J connectivity index is 1.85. The zero-order chi connectivity index (χ0) is 16.0. The number of H-pyrrole nitrogens is 1. The molecule has 0 aliphatic heterocycles. The first-order chi connectivity index (χ1) is 11.1. The van der Waals surface area contributed by atoms with Gasteiger partial charge in [0.1, 0.15) is 17.2 Å². The molecular weight excluding hydrogens is 315 g/mol. The number of imidazole rings is 1. The van der Waals surface area contributed by atoms with Gasteiger partial charge in [-0.15, -0.1) is 0 Å². The van der Waals surface area contributed by atoms with Gasteiger partial charge in [-0.2, -0.15) is 12.6 Å². The summed E-state index contributed by atoms with van der Waals surface area (Å²) in [5, 5.41) is 0.217. The fourth-order valence-electron chi connectivity index (χ4n) is 2.54. The largest absolute Gasteiger partial charge is 0.422 e. The highest BCUT2D eigenvalue weighted by Crippen LogP contribution is 2.28. The highest BCUT2D eigenvalue weighted by molar-refractivity contribution is 7.80. The monoisotopic (exact) mass is 326 g/mol. The van der Waals surface area contributed by atoms with Crippen LogP contribution in [0, 0.1) is 5.82 Å². The Kier molecular flexibility index (Phi) is 3.20. The molecule has 114 valence electrons. The average Bonchev–Trinajstić information content (AvgIpc) is 2.96. The molecule has 0 aliphatic rings. The van der Waals surface area contributed by atoms with Crippen molar-refractivity contribution in [3.05, 3.63) is 76.2 Å². The van der Waals surface area contributed by atoms with Crippen LogP contribution in [0.15, 0.2) is 57.7 Å². The topological polar surface area (TPSA) is 58.9 Å². The normalized spacial score (nSPS) is 12.8. The molecule has 0 radical (unpaired) electrons. The fraction of sp³-hybridized carbons (Fsp3) is 0.0588. The van der Waals surface area contributed by atoms with Crippen LogP contribution < -0.4 is 5.63 Å². The summed E-state index contributed by atoms with van der Waals surface area (Å²) < 4.78 is 18.6. The van der Waals surface area contributed by atoms with E-state index in [1.807, 2.05) is 12.1 Å². The van der Waals surface area contributed by atoms with Crippen molar-refractivity contribution in [2.24, 2.45) is 0 Å². The average molecular weight is 326 g/mol. The van der Waals surface area contributed by atoms with Gasteiger partial charge in [0.15, 0.2) is 0 Å². The smallest absolute Gasteiger partial charge is 0.341 e. The minimum absolute atomic E-state index is 0.364. The second kappa shape index (κ2) is 5.24. The molecule has 0 spiro atoms. The minimum Gasteiger partial charge on any atom is -0.422 e. The molecule has 2 aromatic carbocycles. The van der Waals surface area contributed by atoms with E-state index in [0.29, 0.717) is 28.0 Å². The van der Waals surface area contributed by atoms with Gasteiger partial charge in [-0.25, -0.2) is 14.2 Å². The molecule has 0 bridgehead atoms. The number of hydrogen-bond acceptors (Lipinski definition) is 4. The zero-order valence-electron chi connectivity index (χ0n) is 11.8. The van der Waals surface area contributed by atoms with Crippen LogP contribution in [-0.4, -0.2) is 9.97 Å². The van der Waals surface area contributed by atoms with Crippen molar-refractivity contribution in [2.75, 3.05) is 0 Å². The third-order valence-electron chi connectivity index (χ3n) is 3.69. The van der Waals surface area contributed by atoms with Crippen LogP contribution in [-0.2, 0) is 0 Å². The summed E-state index contributed by atoms with van der Waals surface area (Å²) in [5.41, 5.74) is 1.62. The third kappa shape index (κ3) is 2.41. The van der Waals surface area contributed by atoms with Crippen molar-refractivity contribution in [3.8, 4) is 0 Å². The number of fused-ring (bicyclic) bond motifs is 2. The summed E-state index contributed by atoms with van der Waals surface area (Å²) in [4.78, 5) is 19.6. The van der Waals surface area contributed by atoms with E-state index >= 15 is 0 Å². The second-order valence-electron chi connectivity index (χ2n) is 5.21. The van der Waals surface area contributed by atoms with Gasteiger partial charge >= 0.3 is 5.63 Å². The molecule has 23 heavy (non-hydrogen) atoms. The number of aromatic amines is 1. The maximum atomic E-state index is 13.3. The van der Waals surface area contributed by atoms with Gasteiger partial charge in [-0.05, 0) is 24.3 Å². The fourth-order valence-corrected chi connectivity index (χ4v) is 2.85. The van der Waals surface area contributed by atoms with Crippen molar-refractivity contribution < 1.29 is 8.81 Å². The predicted octanol–water partition coefficient (Wildman–Crippen LogP) is 3.83. The number of rotatable bonds is 2. The van der Waals surface area contributed by atoms with Gasteiger partial charge in [0, 0.05) is 11.5 Å². The number of thiol groups is 1. The molecule has 2 aromatic heterocycles. The molecule has 1 N–H and O–H groups in total. The van der Waals surface area contributed by atoms with E-state index in [4.69, 9.17) is 4.42 Å². The third-order valence-corrected chi connectivity index (χ3v) is 4.21. The van der Waals surface area contributed by atoms with E-state index in [1.165, 1.54) is 12.1 Å². The summed E-state index contributed by atoms with van der Waals surface area (Å²) in [6, 6.07) is 13.3.